The predicted octanol–water partition coefficient (Wildman–Crippen LogP) is 4.60. The Balaban J connectivity index is 2.07. The number of carbonyl (C=O) groups is 3. The Labute approximate surface area is 170 Å². The minimum absolute atomic E-state index is 0.0627. The second-order valence-corrected chi connectivity index (χ2v) is 7.37. The van der Waals surface area contributed by atoms with E-state index >= 15 is 0 Å². The van der Waals surface area contributed by atoms with Crippen LogP contribution in [0.3, 0.4) is 0 Å². The number of ketones is 1. The van der Waals surface area contributed by atoms with Gasteiger partial charge in [0.15, 0.2) is 5.78 Å². The van der Waals surface area contributed by atoms with Gasteiger partial charge in [0, 0.05) is 16.8 Å². The number of nitrogens with one attached hydrogen (secondary N) is 1. The summed E-state index contributed by atoms with van der Waals surface area (Å²) < 4.78 is 15.8. The first-order valence-electron chi connectivity index (χ1n) is 9.04. The molecule has 0 fully saturated rings. The van der Waals surface area contributed by atoms with E-state index in [1.165, 1.54) is 20.1 Å². The van der Waals surface area contributed by atoms with Crippen molar-refractivity contribution in [3.8, 4) is 5.75 Å². The van der Waals surface area contributed by atoms with Crippen molar-refractivity contribution in [1.29, 1.82) is 0 Å². The Kier molecular flexibility index (Phi) is 6.98. The van der Waals surface area contributed by atoms with Crippen LogP contribution < -0.4 is 10.1 Å². The zero-order chi connectivity index (χ0) is 21.6. The second-order valence-electron chi connectivity index (χ2n) is 7.37. The van der Waals surface area contributed by atoms with Crippen molar-refractivity contribution in [1.82, 2.24) is 0 Å². The quantitative estimate of drug-likeness (QED) is 0.564. The van der Waals surface area contributed by atoms with Gasteiger partial charge in [-0.25, -0.2) is 9.59 Å². The van der Waals surface area contributed by atoms with Crippen molar-refractivity contribution < 1.29 is 28.6 Å². The van der Waals surface area contributed by atoms with E-state index in [2.05, 4.69) is 5.32 Å². The zero-order valence-corrected chi connectivity index (χ0v) is 17.2. The van der Waals surface area contributed by atoms with Crippen molar-refractivity contribution in [2.75, 3.05) is 12.4 Å². The molecule has 2 aromatic carbocycles. The molecule has 0 heterocycles. The summed E-state index contributed by atoms with van der Waals surface area (Å²) in [5, 5.41) is 2.58. The van der Waals surface area contributed by atoms with Gasteiger partial charge in [-0.1, -0.05) is 6.07 Å². The molecule has 2 aromatic rings. The summed E-state index contributed by atoms with van der Waals surface area (Å²) in [5.41, 5.74) is 1.12. The fourth-order valence-corrected chi connectivity index (χ4v) is 2.48. The topological polar surface area (TPSA) is 90.9 Å². The Morgan fingerprint density at radius 2 is 1.72 bits per heavy atom. The third-order valence-electron chi connectivity index (χ3n) is 3.79. The molecule has 7 nitrogen and oxygen atoms in total. The summed E-state index contributed by atoms with van der Waals surface area (Å²) in [6.07, 6.45) is -0.617. The first kappa shape index (κ1) is 21.9. The summed E-state index contributed by atoms with van der Waals surface area (Å²) in [7, 11) is 1.50. The predicted molar refractivity (Wildman–Crippen MR) is 108 cm³/mol. The number of esters is 1. The Hall–Kier alpha value is -3.35. The molecule has 0 spiro atoms. The van der Waals surface area contributed by atoms with Crippen LogP contribution in [0.4, 0.5) is 10.5 Å². The monoisotopic (exact) mass is 399 g/mol. The molecule has 0 aliphatic rings. The number of ether oxygens (including phenoxy) is 3. The van der Waals surface area contributed by atoms with E-state index in [0.717, 1.165) is 0 Å². The minimum atomic E-state index is -0.631. The van der Waals surface area contributed by atoms with Crippen LogP contribution in [0.5, 0.6) is 5.75 Å². The van der Waals surface area contributed by atoms with Gasteiger partial charge in [-0.3, -0.25) is 10.1 Å². The molecule has 0 saturated heterocycles. The molecule has 1 amide bonds. The van der Waals surface area contributed by atoms with Crippen molar-refractivity contribution in [2.45, 2.75) is 39.9 Å². The SMILES string of the molecule is COc1ccc(C(C)=O)cc1COC(=O)c1cccc(NC(=O)OC(C)(C)C)c1. The van der Waals surface area contributed by atoms with Crippen LogP contribution in [0, 0.1) is 0 Å². The molecular formula is C22H25NO6. The summed E-state index contributed by atoms with van der Waals surface area (Å²) in [5.74, 6) is -0.155. The molecule has 7 heteroatoms. The van der Waals surface area contributed by atoms with E-state index in [0.29, 0.717) is 22.6 Å². The number of amides is 1. The average molecular weight is 399 g/mol. The first-order valence-corrected chi connectivity index (χ1v) is 9.04. The van der Waals surface area contributed by atoms with E-state index in [4.69, 9.17) is 14.2 Å². The molecule has 29 heavy (non-hydrogen) atoms. The lowest BCUT2D eigenvalue weighted by Gasteiger charge is -2.19. The van der Waals surface area contributed by atoms with Crippen molar-refractivity contribution in [2.24, 2.45) is 0 Å². The number of carbonyl (C=O) groups excluding carboxylic acids is 3. The summed E-state index contributed by atoms with van der Waals surface area (Å²) in [4.78, 5) is 35.9. The second kappa shape index (κ2) is 9.23. The third-order valence-corrected chi connectivity index (χ3v) is 3.79. The van der Waals surface area contributed by atoms with E-state index in [1.807, 2.05) is 0 Å². The van der Waals surface area contributed by atoms with Gasteiger partial charge in [-0.05, 0) is 64.1 Å². The maximum Gasteiger partial charge on any atom is 0.412 e. The van der Waals surface area contributed by atoms with Gasteiger partial charge >= 0.3 is 12.1 Å². The van der Waals surface area contributed by atoms with Crippen molar-refractivity contribution in [3.63, 3.8) is 0 Å². The van der Waals surface area contributed by atoms with Gasteiger partial charge in [0.05, 0.1) is 12.7 Å². The molecule has 0 radical (unpaired) electrons. The molecule has 0 aliphatic carbocycles. The molecule has 1 N–H and O–H groups in total. The van der Waals surface area contributed by atoms with Gasteiger partial charge in [0.25, 0.3) is 0 Å². The molecule has 0 bridgehead atoms. The average Bonchev–Trinajstić information content (AvgIpc) is 2.64. The lowest BCUT2D eigenvalue weighted by molar-refractivity contribution is 0.0469. The number of rotatable bonds is 6. The van der Waals surface area contributed by atoms with E-state index in [1.54, 1.807) is 57.2 Å². The normalized spacial score (nSPS) is 10.8. The van der Waals surface area contributed by atoms with Crippen LogP contribution in [0.2, 0.25) is 0 Å². The number of anilines is 1. The number of Topliss-reactive ketones (excluding diaryl/α,β-unsaturated/α-hetero) is 1. The van der Waals surface area contributed by atoms with Crippen molar-refractivity contribution in [3.05, 3.63) is 59.2 Å². The van der Waals surface area contributed by atoms with Gasteiger partial charge < -0.3 is 14.2 Å². The Bertz CT molecular complexity index is 914. The van der Waals surface area contributed by atoms with Gasteiger partial charge in [0.2, 0.25) is 0 Å². The fraction of sp³-hybridized carbons (Fsp3) is 0.318. The molecular weight excluding hydrogens is 374 g/mol. The highest BCUT2D eigenvalue weighted by molar-refractivity contribution is 5.94. The highest BCUT2D eigenvalue weighted by atomic mass is 16.6. The van der Waals surface area contributed by atoms with E-state index < -0.39 is 17.7 Å². The molecule has 0 saturated carbocycles. The highest BCUT2D eigenvalue weighted by Crippen LogP contribution is 2.22. The molecule has 154 valence electrons. The van der Waals surface area contributed by atoms with E-state index in [9.17, 15) is 14.4 Å². The van der Waals surface area contributed by atoms with Crippen LogP contribution in [-0.2, 0) is 16.1 Å². The van der Waals surface area contributed by atoms with Crippen LogP contribution in [0.25, 0.3) is 0 Å². The zero-order valence-electron chi connectivity index (χ0n) is 17.2. The first-order chi connectivity index (χ1) is 13.6. The Morgan fingerprint density at radius 3 is 2.34 bits per heavy atom. The molecule has 0 atom stereocenters. The number of hydrogen-bond donors (Lipinski definition) is 1. The van der Waals surface area contributed by atoms with Crippen molar-refractivity contribution >= 4 is 23.5 Å². The standard InChI is InChI=1S/C22H25NO6/c1-14(24)15-9-10-19(27-5)17(11-15)13-28-20(25)16-7-6-8-18(12-16)23-21(26)29-22(2,3)4/h6-12H,13H2,1-5H3,(H,23,26). The highest BCUT2D eigenvalue weighted by Gasteiger charge is 2.17. The third kappa shape index (κ3) is 6.64. The maximum atomic E-state index is 12.4. The smallest absolute Gasteiger partial charge is 0.412 e. The van der Waals surface area contributed by atoms with Crippen LogP contribution >= 0.6 is 0 Å². The maximum absolute atomic E-state index is 12.4. The fourth-order valence-electron chi connectivity index (χ4n) is 2.48. The van der Waals surface area contributed by atoms with Crippen LogP contribution in [0.1, 0.15) is 54.0 Å². The Morgan fingerprint density at radius 1 is 1.00 bits per heavy atom. The van der Waals surface area contributed by atoms with Crippen LogP contribution in [0.15, 0.2) is 42.5 Å². The molecule has 2 rings (SSSR count). The van der Waals surface area contributed by atoms with Crippen LogP contribution in [-0.4, -0.2) is 30.6 Å². The largest absolute Gasteiger partial charge is 0.496 e. The molecule has 0 aromatic heterocycles. The summed E-state index contributed by atoms with van der Waals surface area (Å²) >= 11 is 0. The number of hydrogen-bond acceptors (Lipinski definition) is 6. The molecule has 0 unspecified atom stereocenters. The minimum Gasteiger partial charge on any atom is -0.496 e. The van der Waals surface area contributed by atoms with Gasteiger partial charge in [-0.2, -0.15) is 0 Å². The van der Waals surface area contributed by atoms with Gasteiger partial charge in [-0.15, -0.1) is 0 Å². The summed E-state index contributed by atoms with van der Waals surface area (Å²) in [6.45, 7) is 6.68. The lowest BCUT2D eigenvalue weighted by Crippen LogP contribution is -2.27. The number of methoxy groups -OCH3 is 1. The number of benzene rings is 2. The molecule has 0 aliphatic heterocycles. The summed E-state index contributed by atoms with van der Waals surface area (Å²) in [6, 6.07) is 11.3. The van der Waals surface area contributed by atoms with Gasteiger partial charge in [0.1, 0.15) is 18.0 Å². The van der Waals surface area contributed by atoms with E-state index in [-0.39, 0.29) is 18.0 Å². The lowest BCUT2D eigenvalue weighted by atomic mass is 10.1.